The van der Waals surface area contributed by atoms with Crippen LogP contribution in [0.4, 0.5) is 4.39 Å². The average Bonchev–Trinajstić information content (AvgIpc) is 2.69. The Balaban J connectivity index is 0.00000364. The van der Waals surface area contributed by atoms with E-state index in [0.29, 0.717) is 30.0 Å². The van der Waals surface area contributed by atoms with Crippen LogP contribution in [0.15, 0.2) is 29.3 Å². The molecule has 0 bridgehead atoms. The number of halogens is 2. The Morgan fingerprint density at radius 3 is 2.44 bits per heavy atom. The molecule has 1 aromatic carbocycles. The van der Waals surface area contributed by atoms with E-state index in [4.69, 9.17) is 4.74 Å². The minimum Gasteiger partial charge on any atom is -0.379 e. The Morgan fingerprint density at radius 2 is 1.85 bits per heavy atom. The van der Waals surface area contributed by atoms with E-state index in [1.807, 2.05) is 6.07 Å². The first kappa shape index (κ1) is 24.1. The van der Waals surface area contributed by atoms with E-state index >= 15 is 0 Å². The summed E-state index contributed by atoms with van der Waals surface area (Å²) in [7, 11) is 1.75. The van der Waals surface area contributed by atoms with E-state index in [2.05, 4.69) is 34.4 Å². The van der Waals surface area contributed by atoms with Crippen LogP contribution in [0.2, 0.25) is 0 Å². The molecule has 0 radical (unpaired) electrons. The topological polar surface area (TPSA) is 48.9 Å². The molecular weight excluding hydrogens is 458 g/mol. The van der Waals surface area contributed by atoms with Gasteiger partial charge in [0.2, 0.25) is 0 Å². The molecule has 1 aromatic rings. The summed E-state index contributed by atoms with van der Waals surface area (Å²) in [6, 6.07) is 7.26. The van der Waals surface area contributed by atoms with Crippen molar-refractivity contribution in [3.05, 3.63) is 35.6 Å². The number of guanidine groups is 1. The molecule has 1 atom stereocenters. The molecule has 0 aliphatic carbocycles. The normalized spacial score (nSPS) is 16.7. The SMILES string of the molecule is CCC(CC)C(CNC(=NC)NCc1ccccc1F)N1CCOCC1.I. The lowest BCUT2D eigenvalue weighted by molar-refractivity contribution is 0.00272. The quantitative estimate of drug-likeness (QED) is 0.333. The van der Waals surface area contributed by atoms with E-state index in [1.54, 1.807) is 19.2 Å². The molecule has 1 fully saturated rings. The summed E-state index contributed by atoms with van der Waals surface area (Å²) in [5.41, 5.74) is 0.639. The summed E-state index contributed by atoms with van der Waals surface area (Å²) in [6.45, 7) is 9.31. The summed E-state index contributed by atoms with van der Waals surface area (Å²) < 4.78 is 19.3. The second-order valence-electron chi connectivity index (χ2n) is 6.69. The third-order valence-corrected chi connectivity index (χ3v) is 5.21. The summed E-state index contributed by atoms with van der Waals surface area (Å²) >= 11 is 0. The minimum absolute atomic E-state index is 0. The van der Waals surface area contributed by atoms with Crippen molar-refractivity contribution >= 4 is 29.9 Å². The summed E-state index contributed by atoms with van der Waals surface area (Å²) in [5, 5.41) is 6.66. The number of nitrogens with one attached hydrogen (secondary N) is 2. The molecule has 2 rings (SSSR count). The highest BCUT2D eigenvalue weighted by molar-refractivity contribution is 14.0. The van der Waals surface area contributed by atoms with Gasteiger partial charge in [-0.2, -0.15) is 0 Å². The van der Waals surface area contributed by atoms with Crippen LogP contribution in [0.1, 0.15) is 32.3 Å². The van der Waals surface area contributed by atoms with E-state index in [0.717, 1.165) is 45.7 Å². The van der Waals surface area contributed by atoms with Gasteiger partial charge in [0.05, 0.1) is 13.2 Å². The van der Waals surface area contributed by atoms with Gasteiger partial charge in [0.1, 0.15) is 5.82 Å². The number of aliphatic imine (C=N–C) groups is 1. The van der Waals surface area contributed by atoms with Gasteiger partial charge in [-0.3, -0.25) is 9.89 Å². The van der Waals surface area contributed by atoms with Crippen LogP contribution in [0, 0.1) is 11.7 Å². The van der Waals surface area contributed by atoms with E-state index in [-0.39, 0.29) is 29.8 Å². The lowest BCUT2D eigenvalue weighted by atomic mass is 9.92. The molecule has 0 spiro atoms. The molecule has 0 saturated carbocycles. The molecule has 1 heterocycles. The Morgan fingerprint density at radius 1 is 1.19 bits per heavy atom. The van der Waals surface area contributed by atoms with Gasteiger partial charge in [-0.15, -0.1) is 24.0 Å². The van der Waals surface area contributed by atoms with Crippen molar-refractivity contribution < 1.29 is 9.13 Å². The van der Waals surface area contributed by atoms with E-state index in [9.17, 15) is 4.39 Å². The van der Waals surface area contributed by atoms with Crippen LogP contribution in [-0.4, -0.2) is 56.8 Å². The zero-order valence-electron chi connectivity index (χ0n) is 16.7. The predicted octanol–water partition coefficient (Wildman–Crippen LogP) is 3.25. The lowest BCUT2D eigenvalue weighted by Gasteiger charge is -2.39. The lowest BCUT2D eigenvalue weighted by Crippen LogP contribution is -2.53. The predicted molar refractivity (Wildman–Crippen MR) is 120 cm³/mol. The highest BCUT2D eigenvalue weighted by Gasteiger charge is 2.26. The molecule has 5 nitrogen and oxygen atoms in total. The fourth-order valence-electron chi connectivity index (χ4n) is 3.58. The smallest absolute Gasteiger partial charge is 0.191 e. The molecular formula is C20H34FIN4O. The second-order valence-corrected chi connectivity index (χ2v) is 6.69. The first-order valence-electron chi connectivity index (χ1n) is 9.69. The van der Waals surface area contributed by atoms with Gasteiger partial charge in [-0.1, -0.05) is 44.9 Å². The largest absolute Gasteiger partial charge is 0.379 e. The maximum absolute atomic E-state index is 13.8. The molecule has 154 valence electrons. The standard InChI is InChI=1S/C20H33FN4O.HI/c1-4-16(5-2)19(25-10-12-26-13-11-25)15-24-20(22-3)23-14-17-8-6-7-9-18(17)21;/h6-9,16,19H,4-5,10-15H2,1-3H3,(H2,22,23,24);1H. The fourth-order valence-corrected chi connectivity index (χ4v) is 3.58. The van der Waals surface area contributed by atoms with Crippen LogP contribution in [0.5, 0.6) is 0 Å². The van der Waals surface area contributed by atoms with Crippen LogP contribution >= 0.6 is 24.0 Å². The second kappa shape index (κ2) is 13.3. The van der Waals surface area contributed by atoms with Gasteiger partial charge >= 0.3 is 0 Å². The van der Waals surface area contributed by atoms with Crippen molar-refractivity contribution in [1.29, 1.82) is 0 Å². The molecule has 1 saturated heterocycles. The Kier molecular flexibility index (Phi) is 11.9. The number of rotatable bonds is 8. The van der Waals surface area contributed by atoms with Crippen molar-refractivity contribution in [2.75, 3.05) is 39.9 Å². The maximum Gasteiger partial charge on any atom is 0.191 e. The number of hydrogen-bond acceptors (Lipinski definition) is 3. The first-order chi connectivity index (χ1) is 12.7. The van der Waals surface area contributed by atoms with Gasteiger partial charge in [0, 0.05) is 44.8 Å². The highest BCUT2D eigenvalue weighted by atomic mass is 127. The van der Waals surface area contributed by atoms with E-state index < -0.39 is 0 Å². The number of ether oxygens (including phenoxy) is 1. The fraction of sp³-hybridized carbons (Fsp3) is 0.650. The Hall–Kier alpha value is -0.930. The number of benzene rings is 1. The van der Waals surface area contributed by atoms with Gasteiger partial charge in [-0.25, -0.2) is 4.39 Å². The van der Waals surface area contributed by atoms with Gasteiger partial charge in [-0.05, 0) is 12.0 Å². The number of nitrogens with zero attached hydrogens (tertiary/aromatic N) is 2. The van der Waals surface area contributed by atoms with E-state index in [1.165, 1.54) is 6.07 Å². The number of hydrogen-bond donors (Lipinski definition) is 2. The molecule has 0 aromatic heterocycles. The van der Waals surface area contributed by atoms with Gasteiger partial charge in [0.15, 0.2) is 5.96 Å². The third kappa shape index (κ3) is 7.54. The van der Waals surface area contributed by atoms with Crippen LogP contribution in [-0.2, 0) is 11.3 Å². The Labute approximate surface area is 180 Å². The molecule has 1 aliphatic rings. The van der Waals surface area contributed by atoms with Gasteiger partial charge < -0.3 is 15.4 Å². The molecule has 1 unspecified atom stereocenters. The summed E-state index contributed by atoms with van der Waals surface area (Å²) in [6.07, 6.45) is 2.31. The summed E-state index contributed by atoms with van der Waals surface area (Å²) in [4.78, 5) is 6.82. The van der Waals surface area contributed by atoms with Crippen LogP contribution in [0.25, 0.3) is 0 Å². The minimum atomic E-state index is -0.196. The molecule has 0 amide bonds. The molecule has 1 aliphatic heterocycles. The third-order valence-electron chi connectivity index (χ3n) is 5.21. The van der Waals surface area contributed by atoms with Crippen molar-refractivity contribution in [2.24, 2.45) is 10.9 Å². The average molecular weight is 492 g/mol. The van der Waals surface area contributed by atoms with Gasteiger partial charge in [0.25, 0.3) is 0 Å². The highest BCUT2D eigenvalue weighted by Crippen LogP contribution is 2.19. The van der Waals surface area contributed by atoms with Crippen molar-refractivity contribution in [1.82, 2.24) is 15.5 Å². The molecule has 7 heteroatoms. The zero-order valence-corrected chi connectivity index (χ0v) is 19.0. The summed E-state index contributed by atoms with van der Waals surface area (Å²) in [5.74, 6) is 1.14. The monoisotopic (exact) mass is 492 g/mol. The van der Waals surface area contributed by atoms with Crippen molar-refractivity contribution in [3.8, 4) is 0 Å². The molecule has 27 heavy (non-hydrogen) atoms. The van der Waals surface area contributed by atoms with Crippen molar-refractivity contribution in [2.45, 2.75) is 39.3 Å². The Bertz CT molecular complexity index is 563. The van der Waals surface area contributed by atoms with Crippen LogP contribution < -0.4 is 10.6 Å². The van der Waals surface area contributed by atoms with Crippen molar-refractivity contribution in [3.63, 3.8) is 0 Å². The first-order valence-corrected chi connectivity index (χ1v) is 9.69. The maximum atomic E-state index is 13.8. The van der Waals surface area contributed by atoms with Crippen LogP contribution in [0.3, 0.4) is 0 Å². The zero-order chi connectivity index (χ0) is 18.8. The molecule has 2 N–H and O–H groups in total. The number of morpholine rings is 1.